The summed E-state index contributed by atoms with van der Waals surface area (Å²) in [4.78, 5) is 10.5. The number of benzene rings is 1. The number of amides is 1. The third-order valence-electron chi connectivity index (χ3n) is 1.18. The van der Waals surface area contributed by atoms with Gasteiger partial charge in [-0.15, -0.1) is 5.11 Å². The topological polar surface area (TPSA) is 51.0 Å². The summed E-state index contributed by atoms with van der Waals surface area (Å²) in [6, 6.07) is 8.97. The number of carbonyl (C=O) groups is 1. The SMILES string of the molecule is COC(=O)N=Nc1ccccc1. The van der Waals surface area contributed by atoms with Crippen LogP contribution in [-0.2, 0) is 4.74 Å². The van der Waals surface area contributed by atoms with Gasteiger partial charge in [0.2, 0.25) is 0 Å². The van der Waals surface area contributed by atoms with Crippen LogP contribution < -0.4 is 0 Å². The maximum absolute atomic E-state index is 10.5. The van der Waals surface area contributed by atoms with Crippen molar-refractivity contribution in [3.05, 3.63) is 30.3 Å². The van der Waals surface area contributed by atoms with Crippen LogP contribution in [0.2, 0.25) is 0 Å². The number of hydrogen-bond acceptors (Lipinski definition) is 3. The molecule has 62 valence electrons. The lowest BCUT2D eigenvalue weighted by molar-refractivity contribution is 0.181. The van der Waals surface area contributed by atoms with E-state index >= 15 is 0 Å². The van der Waals surface area contributed by atoms with Crippen LogP contribution in [0.5, 0.6) is 0 Å². The Labute approximate surface area is 69.9 Å². The molecule has 12 heavy (non-hydrogen) atoms. The molecule has 0 aliphatic heterocycles. The molecule has 4 nitrogen and oxygen atoms in total. The van der Waals surface area contributed by atoms with Crippen LogP contribution in [0.15, 0.2) is 40.6 Å². The normalized spacial score (nSPS) is 10.1. The van der Waals surface area contributed by atoms with Crippen molar-refractivity contribution in [2.75, 3.05) is 7.11 Å². The van der Waals surface area contributed by atoms with Gasteiger partial charge in [0, 0.05) is 0 Å². The molecule has 0 saturated heterocycles. The van der Waals surface area contributed by atoms with Gasteiger partial charge < -0.3 is 4.74 Å². The first-order chi connectivity index (χ1) is 5.83. The Kier molecular flexibility index (Phi) is 2.95. The molecule has 0 saturated carbocycles. The quantitative estimate of drug-likeness (QED) is 0.599. The largest absolute Gasteiger partial charge is 0.452 e. The number of methoxy groups -OCH3 is 1. The van der Waals surface area contributed by atoms with Crippen molar-refractivity contribution in [1.82, 2.24) is 0 Å². The van der Waals surface area contributed by atoms with Crippen LogP contribution in [0.3, 0.4) is 0 Å². The van der Waals surface area contributed by atoms with Crippen molar-refractivity contribution in [3.8, 4) is 0 Å². The van der Waals surface area contributed by atoms with Gasteiger partial charge in [0.15, 0.2) is 0 Å². The first-order valence-corrected chi connectivity index (χ1v) is 3.37. The lowest BCUT2D eigenvalue weighted by atomic mass is 10.3. The third-order valence-corrected chi connectivity index (χ3v) is 1.18. The fourth-order valence-corrected chi connectivity index (χ4v) is 0.634. The fraction of sp³-hybridized carbons (Fsp3) is 0.125. The maximum atomic E-state index is 10.5. The molecule has 0 aliphatic rings. The van der Waals surface area contributed by atoms with Crippen molar-refractivity contribution >= 4 is 11.8 Å². The molecule has 0 atom stereocenters. The van der Waals surface area contributed by atoms with E-state index in [9.17, 15) is 4.79 Å². The van der Waals surface area contributed by atoms with Crippen LogP contribution in [0.25, 0.3) is 0 Å². The first-order valence-electron chi connectivity index (χ1n) is 3.37. The Morgan fingerprint density at radius 1 is 1.33 bits per heavy atom. The van der Waals surface area contributed by atoms with Crippen molar-refractivity contribution in [2.24, 2.45) is 10.2 Å². The number of rotatable bonds is 1. The molecule has 1 amide bonds. The third kappa shape index (κ3) is 2.49. The summed E-state index contributed by atoms with van der Waals surface area (Å²) < 4.78 is 4.27. The van der Waals surface area contributed by atoms with Gasteiger partial charge in [-0.1, -0.05) is 23.3 Å². The maximum Gasteiger partial charge on any atom is 0.452 e. The van der Waals surface area contributed by atoms with E-state index in [1.807, 2.05) is 18.2 Å². The highest BCUT2D eigenvalue weighted by Gasteiger charge is 1.92. The summed E-state index contributed by atoms with van der Waals surface area (Å²) in [5.74, 6) is 0. The highest BCUT2D eigenvalue weighted by molar-refractivity contribution is 5.67. The van der Waals surface area contributed by atoms with Gasteiger partial charge in [0.1, 0.15) is 0 Å². The Morgan fingerprint density at radius 3 is 2.58 bits per heavy atom. The van der Waals surface area contributed by atoms with Crippen LogP contribution in [0.4, 0.5) is 10.5 Å². The standard InChI is InChI=1S/C8H8N2O2/c1-12-8(11)10-9-7-5-3-2-4-6-7/h2-6H,1H3. The van der Waals surface area contributed by atoms with Gasteiger partial charge in [-0.05, 0) is 12.1 Å². The monoisotopic (exact) mass is 164 g/mol. The molecule has 0 aromatic heterocycles. The van der Waals surface area contributed by atoms with E-state index in [1.165, 1.54) is 7.11 Å². The predicted molar refractivity (Wildman–Crippen MR) is 43.4 cm³/mol. The molecule has 0 radical (unpaired) electrons. The van der Waals surface area contributed by atoms with Gasteiger partial charge in [-0.2, -0.15) is 0 Å². The first kappa shape index (κ1) is 8.39. The average molecular weight is 164 g/mol. The number of hydrogen-bond donors (Lipinski definition) is 0. The molecule has 1 rings (SSSR count). The van der Waals surface area contributed by atoms with Gasteiger partial charge in [0.25, 0.3) is 0 Å². The molecule has 0 bridgehead atoms. The highest BCUT2D eigenvalue weighted by atomic mass is 16.5. The van der Waals surface area contributed by atoms with E-state index in [1.54, 1.807) is 12.1 Å². The summed E-state index contributed by atoms with van der Waals surface area (Å²) in [5, 5.41) is 6.90. The summed E-state index contributed by atoms with van der Waals surface area (Å²) in [6.07, 6.45) is -0.696. The smallest absolute Gasteiger partial charge is 0.450 e. The van der Waals surface area contributed by atoms with Gasteiger partial charge >= 0.3 is 6.09 Å². The van der Waals surface area contributed by atoms with E-state index in [-0.39, 0.29) is 0 Å². The second-order valence-corrected chi connectivity index (χ2v) is 2.01. The summed E-state index contributed by atoms with van der Waals surface area (Å²) in [6.45, 7) is 0. The van der Waals surface area contributed by atoms with E-state index < -0.39 is 6.09 Å². The Hall–Kier alpha value is -1.71. The zero-order valence-corrected chi connectivity index (χ0v) is 6.60. The number of azo groups is 1. The van der Waals surface area contributed by atoms with E-state index in [2.05, 4.69) is 15.0 Å². The molecular weight excluding hydrogens is 156 g/mol. The molecule has 4 heteroatoms. The van der Waals surface area contributed by atoms with E-state index in [0.717, 1.165) is 0 Å². The lowest BCUT2D eigenvalue weighted by Gasteiger charge is -1.89. The molecule has 0 fully saturated rings. The summed E-state index contributed by atoms with van der Waals surface area (Å²) in [5.41, 5.74) is 0.628. The molecular formula is C8H8N2O2. The second kappa shape index (κ2) is 4.23. The number of carbonyl (C=O) groups excluding carboxylic acids is 1. The molecule has 0 aliphatic carbocycles. The summed E-state index contributed by atoms with van der Waals surface area (Å²) in [7, 11) is 1.26. The minimum atomic E-state index is -0.696. The molecule has 0 unspecified atom stereocenters. The second-order valence-electron chi connectivity index (χ2n) is 2.01. The zero-order chi connectivity index (χ0) is 8.81. The van der Waals surface area contributed by atoms with Crippen molar-refractivity contribution in [3.63, 3.8) is 0 Å². The van der Waals surface area contributed by atoms with Crippen LogP contribution in [-0.4, -0.2) is 13.2 Å². The van der Waals surface area contributed by atoms with E-state index in [0.29, 0.717) is 5.69 Å². The number of nitrogens with zero attached hydrogens (tertiary/aromatic N) is 2. The number of ether oxygens (including phenoxy) is 1. The summed E-state index contributed by atoms with van der Waals surface area (Å²) >= 11 is 0. The van der Waals surface area contributed by atoms with Crippen LogP contribution >= 0.6 is 0 Å². The molecule has 0 spiro atoms. The minimum Gasteiger partial charge on any atom is -0.450 e. The van der Waals surface area contributed by atoms with Gasteiger partial charge in [-0.3, -0.25) is 0 Å². The predicted octanol–water partition coefficient (Wildman–Crippen LogP) is 2.54. The molecule has 0 heterocycles. The molecule has 1 aromatic carbocycles. The van der Waals surface area contributed by atoms with Gasteiger partial charge in [-0.25, -0.2) is 4.79 Å². The van der Waals surface area contributed by atoms with Crippen molar-refractivity contribution < 1.29 is 9.53 Å². The van der Waals surface area contributed by atoms with E-state index in [4.69, 9.17) is 0 Å². The Bertz CT molecular complexity index is 282. The van der Waals surface area contributed by atoms with Crippen molar-refractivity contribution in [1.29, 1.82) is 0 Å². The average Bonchev–Trinajstić information content (AvgIpc) is 2.16. The Morgan fingerprint density at radius 2 is 2.00 bits per heavy atom. The molecule has 0 N–H and O–H groups in total. The zero-order valence-electron chi connectivity index (χ0n) is 6.60. The lowest BCUT2D eigenvalue weighted by Crippen LogP contribution is -1.89. The fourth-order valence-electron chi connectivity index (χ4n) is 0.634. The van der Waals surface area contributed by atoms with Crippen LogP contribution in [0, 0.1) is 0 Å². The molecule has 1 aromatic rings. The van der Waals surface area contributed by atoms with Gasteiger partial charge in [0.05, 0.1) is 12.8 Å². The van der Waals surface area contributed by atoms with Crippen molar-refractivity contribution in [2.45, 2.75) is 0 Å². The van der Waals surface area contributed by atoms with Crippen LogP contribution in [0.1, 0.15) is 0 Å². The minimum absolute atomic E-state index is 0.628. The highest BCUT2D eigenvalue weighted by Crippen LogP contribution is 2.09. The Balaban J connectivity index is 2.64.